The van der Waals surface area contributed by atoms with Gasteiger partial charge in [-0.1, -0.05) is 66.7 Å². The second-order valence-electron chi connectivity index (χ2n) is 9.40. The summed E-state index contributed by atoms with van der Waals surface area (Å²) in [6.45, 7) is 0. The maximum atomic E-state index is 5.10. The number of nitrogens with zero attached hydrogens (tertiary/aromatic N) is 5. The van der Waals surface area contributed by atoms with Crippen molar-refractivity contribution in [2.45, 2.75) is 0 Å². The SMILES string of the molecule is c1ccc(-c2ncc(-n3c4ccccc4c4cccnc43)cc2-n2c3ccccc3c3ccncc32)cc1. The number of rotatable bonds is 3. The van der Waals surface area contributed by atoms with Gasteiger partial charge in [-0.25, -0.2) is 4.98 Å². The zero-order valence-corrected chi connectivity index (χ0v) is 20.4. The van der Waals surface area contributed by atoms with Crippen LogP contribution in [0.1, 0.15) is 0 Å². The molecule has 0 atom stereocenters. The second-order valence-corrected chi connectivity index (χ2v) is 9.40. The number of benzene rings is 3. The lowest BCUT2D eigenvalue weighted by atomic mass is 10.1. The lowest BCUT2D eigenvalue weighted by Gasteiger charge is -2.16. The van der Waals surface area contributed by atoms with Gasteiger partial charge in [0.15, 0.2) is 0 Å². The molecule has 0 N–H and O–H groups in total. The van der Waals surface area contributed by atoms with E-state index in [9.17, 15) is 0 Å². The van der Waals surface area contributed by atoms with Crippen molar-refractivity contribution in [3.05, 3.63) is 128 Å². The smallest absolute Gasteiger partial charge is 0.145 e. The predicted molar refractivity (Wildman–Crippen MR) is 154 cm³/mol. The Hall–Kier alpha value is -5.29. The molecule has 5 heteroatoms. The van der Waals surface area contributed by atoms with Gasteiger partial charge in [0, 0.05) is 39.5 Å². The standard InChI is InChI=1S/C33H21N5/c1-2-9-22(10-3-1)32-30(38-29-15-7-4-11-24(29)26-16-18-34-21-31(26)38)19-23(20-36-32)37-28-14-6-5-12-25(28)27-13-8-17-35-33(27)37/h1-21H. The van der Waals surface area contributed by atoms with Crippen LogP contribution in [0.2, 0.25) is 0 Å². The van der Waals surface area contributed by atoms with Crippen molar-refractivity contribution in [3.63, 3.8) is 0 Å². The van der Waals surface area contributed by atoms with Crippen molar-refractivity contribution in [3.8, 4) is 22.6 Å². The van der Waals surface area contributed by atoms with Crippen LogP contribution in [-0.2, 0) is 0 Å². The van der Waals surface area contributed by atoms with Crippen LogP contribution < -0.4 is 0 Å². The number of hydrogen-bond donors (Lipinski definition) is 0. The molecule has 0 aliphatic heterocycles. The first-order valence-corrected chi connectivity index (χ1v) is 12.6. The Morgan fingerprint density at radius 3 is 2.03 bits per heavy atom. The van der Waals surface area contributed by atoms with E-state index >= 15 is 0 Å². The fraction of sp³-hybridized carbons (Fsp3) is 0. The summed E-state index contributed by atoms with van der Waals surface area (Å²) in [7, 11) is 0. The maximum absolute atomic E-state index is 5.10. The van der Waals surface area contributed by atoms with Gasteiger partial charge < -0.3 is 4.57 Å². The van der Waals surface area contributed by atoms with Gasteiger partial charge in [-0.3, -0.25) is 14.5 Å². The average Bonchev–Trinajstić information content (AvgIpc) is 3.51. The lowest BCUT2D eigenvalue weighted by Crippen LogP contribution is -2.03. The van der Waals surface area contributed by atoms with Gasteiger partial charge in [0.25, 0.3) is 0 Å². The Kier molecular flexibility index (Phi) is 4.45. The topological polar surface area (TPSA) is 48.5 Å². The largest absolute Gasteiger partial charge is 0.305 e. The molecule has 0 spiro atoms. The molecule has 5 nitrogen and oxygen atoms in total. The third kappa shape index (κ3) is 2.96. The van der Waals surface area contributed by atoms with E-state index in [1.807, 2.05) is 36.9 Å². The fourth-order valence-corrected chi connectivity index (χ4v) is 5.69. The van der Waals surface area contributed by atoms with Crippen molar-refractivity contribution in [2.75, 3.05) is 0 Å². The molecule has 0 aliphatic rings. The molecule has 5 heterocycles. The molecule has 0 saturated heterocycles. The van der Waals surface area contributed by atoms with Crippen LogP contribution in [-0.4, -0.2) is 24.1 Å². The highest BCUT2D eigenvalue weighted by atomic mass is 15.1. The zero-order chi connectivity index (χ0) is 25.1. The third-order valence-electron chi connectivity index (χ3n) is 7.31. The summed E-state index contributed by atoms with van der Waals surface area (Å²) in [6.07, 6.45) is 7.61. The quantitative estimate of drug-likeness (QED) is 0.256. The number of fused-ring (bicyclic) bond motifs is 6. The van der Waals surface area contributed by atoms with Gasteiger partial charge >= 0.3 is 0 Å². The Bertz CT molecular complexity index is 2030. The van der Waals surface area contributed by atoms with Crippen molar-refractivity contribution in [1.29, 1.82) is 0 Å². The fourth-order valence-electron chi connectivity index (χ4n) is 5.69. The van der Waals surface area contributed by atoms with E-state index in [4.69, 9.17) is 9.97 Å². The number of hydrogen-bond acceptors (Lipinski definition) is 3. The summed E-state index contributed by atoms with van der Waals surface area (Å²) in [6, 6.07) is 35.8. The highest BCUT2D eigenvalue weighted by molar-refractivity contribution is 6.10. The molecule has 178 valence electrons. The van der Waals surface area contributed by atoms with Gasteiger partial charge in [-0.05, 0) is 36.4 Å². The first-order valence-electron chi connectivity index (χ1n) is 12.6. The summed E-state index contributed by atoms with van der Waals surface area (Å²) < 4.78 is 4.50. The molecule has 0 saturated carbocycles. The molecule has 8 rings (SSSR count). The average molecular weight is 488 g/mol. The van der Waals surface area contributed by atoms with Gasteiger partial charge in [0.05, 0.1) is 46.0 Å². The molecule has 0 bridgehead atoms. The molecule has 8 aromatic rings. The minimum atomic E-state index is 0.912. The summed E-state index contributed by atoms with van der Waals surface area (Å²) in [4.78, 5) is 14.4. The monoisotopic (exact) mass is 487 g/mol. The van der Waals surface area contributed by atoms with Crippen LogP contribution in [0.4, 0.5) is 0 Å². The van der Waals surface area contributed by atoms with Gasteiger partial charge in [0.2, 0.25) is 0 Å². The molecule has 0 fully saturated rings. The molecule has 5 aromatic heterocycles. The highest BCUT2D eigenvalue weighted by Crippen LogP contribution is 2.37. The molecule has 0 unspecified atom stereocenters. The van der Waals surface area contributed by atoms with Gasteiger partial charge in [-0.15, -0.1) is 0 Å². The normalized spacial score (nSPS) is 11.7. The maximum Gasteiger partial charge on any atom is 0.145 e. The number of aromatic nitrogens is 5. The van der Waals surface area contributed by atoms with E-state index in [2.05, 4.69) is 105 Å². The van der Waals surface area contributed by atoms with Crippen LogP contribution >= 0.6 is 0 Å². The van der Waals surface area contributed by atoms with Crippen molar-refractivity contribution in [1.82, 2.24) is 24.1 Å². The van der Waals surface area contributed by atoms with E-state index in [0.717, 1.165) is 50.2 Å². The van der Waals surface area contributed by atoms with Gasteiger partial charge in [0.1, 0.15) is 5.65 Å². The van der Waals surface area contributed by atoms with Crippen LogP contribution in [0, 0.1) is 0 Å². The summed E-state index contributed by atoms with van der Waals surface area (Å²) in [5.41, 5.74) is 8.10. The Labute approximate surface area is 218 Å². The molecule has 0 amide bonds. The summed E-state index contributed by atoms with van der Waals surface area (Å²) >= 11 is 0. The molecule has 38 heavy (non-hydrogen) atoms. The highest BCUT2D eigenvalue weighted by Gasteiger charge is 2.19. The van der Waals surface area contributed by atoms with E-state index in [0.29, 0.717) is 0 Å². The van der Waals surface area contributed by atoms with E-state index in [1.54, 1.807) is 0 Å². The Morgan fingerprint density at radius 1 is 0.500 bits per heavy atom. The Balaban J connectivity index is 1.51. The van der Waals surface area contributed by atoms with Crippen LogP contribution in [0.25, 0.3) is 66.4 Å². The zero-order valence-electron chi connectivity index (χ0n) is 20.4. The number of pyridine rings is 3. The predicted octanol–water partition coefficient (Wildman–Crippen LogP) is 7.73. The van der Waals surface area contributed by atoms with E-state index < -0.39 is 0 Å². The minimum Gasteiger partial charge on any atom is -0.305 e. The van der Waals surface area contributed by atoms with Crippen molar-refractivity contribution >= 4 is 43.7 Å². The van der Waals surface area contributed by atoms with Crippen molar-refractivity contribution in [2.24, 2.45) is 0 Å². The first kappa shape index (κ1) is 20.9. The third-order valence-corrected chi connectivity index (χ3v) is 7.31. The molecule has 0 aliphatic carbocycles. The second kappa shape index (κ2) is 8.11. The summed E-state index contributed by atoms with van der Waals surface area (Å²) in [5, 5.41) is 4.65. The number of para-hydroxylation sites is 2. The first-order chi connectivity index (χ1) is 18.9. The van der Waals surface area contributed by atoms with Crippen LogP contribution in [0.5, 0.6) is 0 Å². The van der Waals surface area contributed by atoms with E-state index in [-0.39, 0.29) is 0 Å². The van der Waals surface area contributed by atoms with Crippen LogP contribution in [0.3, 0.4) is 0 Å². The molecule has 3 aromatic carbocycles. The molecular formula is C33H21N5. The minimum absolute atomic E-state index is 0.912. The van der Waals surface area contributed by atoms with Crippen LogP contribution in [0.15, 0.2) is 128 Å². The molecule has 0 radical (unpaired) electrons. The van der Waals surface area contributed by atoms with E-state index in [1.165, 1.54) is 16.2 Å². The van der Waals surface area contributed by atoms with Gasteiger partial charge in [-0.2, -0.15) is 0 Å². The summed E-state index contributed by atoms with van der Waals surface area (Å²) in [5.74, 6) is 0. The van der Waals surface area contributed by atoms with Crippen molar-refractivity contribution < 1.29 is 0 Å². The lowest BCUT2D eigenvalue weighted by molar-refractivity contribution is 1.07. The Morgan fingerprint density at radius 2 is 1.18 bits per heavy atom. The molecular weight excluding hydrogens is 466 g/mol.